The van der Waals surface area contributed by atoms with Crippen LogP contribution < -0.4 is 15.8 Å². The van der Waals surface area contributed by atoms with Crippen LogP contribution in [0.3, 0.4) is 0 Å². The molecule has 2 rings (SSSR count). The fourth-order valence-corrected chi connectivity index (χ4v) is 4.32. The molecule has 1 aromatic heterocycles. The van der Waals surface area contributed by atoms with Gasteiger partial charge in [-0.1, -0.05) is 6.92 Å². The van der Waals surface area contributed by atoms with Gasteiger partial charge in [0.15, 0.2) is 12.0 Å². The molecule has 28 heavy (non-hydrogen) atoms. The van der Waals surface area contributed by atoms with E-state index in [9.17, 15) is 28.0 Å². The van der Waals surface area contributed by atoms with Gasteiger partial charge >= 0.3 is 15.0 Å². The maximum absolute atomic E-state index is 12.7. The lowest BCUT2D eigenvalue weighted by Gasteiger charge is -2.19. The molecule has 2 atom stereocenters. The Kier molecular flexibility index (Phi) is 7.08. The highest BCUT2D eigenvalue weighted by molar-refractivity contribution is 7.89. The van der Waals surface area contributed by atoms with Crippen molar-refractivity contribution >= 4 is 27.6 Å². The van der Waals surface area contributed by atoms with E-state index in [4.69, 9.17) is 5.73 Å². The molecule has 10 nitrogen and oxygen atoms in total. The number of nitrogens with one attached hydrogen (secondary N) is 1. The molecule has 1 aromatic rings. The fourth-order valence-electron chi connectivity index (χ4n) is 2.85. The van der Waals surface area contributed by atoms with Crippen LogP contribution in [0.1, 0.15) is 32.6 Å². The van der Waals surface area contributed by atoms with E-state index in [1.54, 1.807) is 6.92 Å². The average Bonchev–Trinajstić information content (AvgIpc) is 2.82. The highest BCUT2D eigenvalue weighted by Crippen LogP contribution is 2.17. The number of pyridine rings is 1. The van der Waals surface area contributed by atoms with Crippen LogP contribution in [0.2, 0.25) is 0 Å². The Balaban J connectivity index is 2.02. The van der Waals surface area contributed by atoms with E-state index in [0.717, 1.165) is 10.5 Å². The number of hydrogen-bond donors (Lipinski definition) is 2. The lowest BCUT2D eigenvalue weighted by molar-refractivity contribution is -0.646. The number of primary amides is 1. The van der Waals surface area contributed by atoms with Gasteiger partial charge in [-0.25, -0.2) is 8.42 Å². The average molecular weight is 412 g/mol. The van der Waals surface area contributed by atoms with Crippen molar-refractivity contribution in [1.82, 2.24) is 9.62 Å². The minimum absolute atomic E-state index is 0.0378. The predicted octanol–water partition coefficient (Wildman–Crippen LogP) is -0.940. The predicted molar refractivity (Wildman–Crippen MR) is 97.9 cm³/mol. The summed E-state index contributed by atoms with van der Waals surface area (Å²) < 4.78 is 26.6. The molecule has 0 saturated carbocycles. The first kappa shape index (κ1) is 21.8. The Hall–Kier alpha value is -2.53. The molecule has 0 spiro atoms. The normalized spacial score (nSPS) is 19.6. The molecule has 1 fully saturated rings. The van der Waals surface area contributed by atoms with Crippen LogP contribution >= 0.6 is 0 Å². The van der Waals surface area contributed by atoms with E-state index in [2.05, 4.69) is 5.32 Å². The van der Waals surface area contributed by atoms with Crippen molar-refractivity contribution in [2.75, 3.05) is 13.1 Å². The number of Topliss-reactive ketones (excluding diaryl/α,β-unsaturated/α-hetero) is 1. The van der Waals surface area contributed by atoms with Crippen molar-refractivity contribution in [3.05, 3.63) is 29.6 Å². The van der Waals surface area contributed by atoms with Crippen molar-refractivity contribution in [1.29, 1.82) is 0 Å². The first-order chi connectivity index (χ1) is 13.1. The molecule has 0 aromatic carbocycles. The molecule has 1 aliphatic rings. The molecule has 1 saturated heterocycles. The second kappa shape index (κ2) is 9.11. The second-order valence-electron chi connectivity index (χ2n) is 6.77. The topological polar surface area (TPSA) is 154 Å². The minimum Gasteiger partial charge on any atom is -0.618 e. The van der Waals surface area contributed by atoms with E-state index in [1.807, 2.05) is 0 Å². The van der Waals surface area contributed by atoms with Gasteiger partial charge in [0.05, 0.1) is 12.6 Å². The molecule has 1 aliphatic heterocycles. The molecule has 0 bridgehead atoms. The number of ketones is 1. The zero-order valence-electron chi connectivity index (χ0n) is 15.5. The van der Waals surface area contributed by atoms with Gasteiger partial charge < -0.3 is 16.3 Å². The summed E-state index contributed by atoms with van der Waals surface area (Å²) in [4.78, 5) is 35.6. The Labute approximate surface area is 163 Å². The van der Waals surface area contributed by atoms with Crippen LogP contribution in [0.15, 0.2) is 29.4 Å². The van der Waals surface area contributed by atoms with Gasteiger partial charge in [0, 0.05) is 31.0 Å². The summed E-state index contributed by atoms with van der Waals surface area (Å²) in [6.45, 7) is 1.24. The molecule has 0 aliphatic carbocycles. The molecule has 154 valence electrons. The molecule has 11 heteroatoms. The number of hydrogen-bond acceptors (Lipinski definition) is 6. The number of carbonyl (C=O) groups is 3. The summed E-state index contributed by atoms with van der Waals surface area (Å²) in [6.07, 6.45) is 2.01. The highest BCUT2D eigenvalue weighted by atomic mass is 32.2. The maximum atomic E-state index is 12.7. The van der Waals surface area contributed by atoms with Crippen molar-refractivity contribution in [3.8, 4) is 0 Å². The summed E-state index contributed by atoms with van der Waals surface area (Å²) in [5.41, 5.74) is 5.15. The third-order valence-electron chi connectivity index (χ3n) is 4.64. The van der Waals surface area contributed by atoms with Crippen LogP contribution in [0.5, 0.6) is 0 Å². The number of carbonyl (C=O) groups excluding carboxylic acids is 3. The number of sulfonamides is 1. The Morgan fingerprint density at radius 3 is 2.79 bits per heavy atom. The van der Waals surface area contributed by atoms with Crippen molar-refractivity contribution in [3.63, 3.8) is 0 Å². The second-order valence-corrected chi connectivity index (χ2v) is 8.66. The first-order valence-electron chi connectivity index (χ1n) is 8.92. The molecule has 2 heterocycles. The van der Waals surface area contributed by atoms with E-state index < -0.39 is 51.2 Å². The van der Waals surface area contributed by atoms with Crippen molar-refractivity contribution in [2.24, 2.45) is 11.7 Å². The van der Waals surface area contributed by atoms with E-state index in [-0.39, 0.29) is 30.5 Å². The third-order valence-corrected chi connectivity index (χ3v) is 6.48. The van der Waals surface area contributed by atoms with E-state index >= 15 is 0 Å². The van der Waals surface area contributed by atoms with Crippen LogP contribution in [0.4, 0.5) is 0 Å². The molecule has 0 radical (unpaired) electrons. The van der Waals surface area contributed by atoms with Gasteiger partial charge in [-0.05, 0) is 25.3 Å². The number of nitrogens with two attached hydrogens (primary N) is 1. The lowest BCUT2D eigenvalue weighted by Crippen LogP contribution is -2.46. The largest absolute Gasteiger partial charge is 0.618 e. The van der Waals surface area contributed by atoms with Gasteiger partial charge in [-0.2, -0.15) is 9.04 Å². The lowest BCUT2D eigenvalue weighted by atomic mass is 10.0. The van der Waals surface area contributed by atoms with Gasteiger partial charge in [0.2, 0.25) is 11.8 Å². The molecular formula is C17H24N4O6S. The molecular weight excluding hydrogens is 388 g/mol. The number of rotatable bonds is 7. The third kappa shape index (κ3) is 5.26. The van der Waals surface area contributed by atoms with Gasteiger partial charge in [0.25, 0.3) is 0 Å². The maximum Gasteiger partial charge on any atom is 0.323 e. The number of nitrogens with zero attached hydrogens (tertiary/aromatic N) is 2. The zero-order valence-corrected chi connectivity index (χ0v) is 16.4. The molecule has 2 amide bonds. The molecule has 3 N–H and O–H groups in total. The molecule has 1 unspecified atom stereocenters. The Morgan fingerprint density at radius 2 is 2.14 bits per heavy atom. The zero-order chi connectivity index (χ0) is 20.9. The van der Waals surface area contributed by atoms with Crippen LogP contribution in [-0.4, -0.2) is 49.5 Å². The monoisotopic (exact) mass is 412 g/mol. The van der Waals surface area contributed by atoms with Crippen molar-refractivity contribution in [2.45, 2.75) is 43.7 Å². The first-order valence-corrected chi connectivity index (χ1v) is 10.4. The van der Waals surface area contributed by atoms with Gasteiger partial charge in [-0.3, -0.25) is 14.4 Å². The summed E-state index contributed by atoms with van der Waals surface area (Å²) in [7, 11) is -4.13. The van der Waals surface area contributed by atoms with Gasteiger partial charge in [0.1, 0.15) is 0 Å². The standard InChI is InChI=1S/C17H24N4O6S/c1-12(17(18)24)7-8-15(23)19-13-5-4-9-20(11-14(13)22)28(26,27)16-6-2-3-10-21(16)25/h2-3,6,10,12-13H,4-5,7-9,11H2,1H3,(H2,18,24)(H,19,23)/t12?,13-/m1/s1. The number of aromatic nitrogens is 1. The number of amides is 2. The Bertz CT molecular complexity index is 857. The highest BCUT2D eigenvalue weighted by Gasteiger charge is 2.36. The van der Waals surface area contributed by atoms with E-state index in [0.29, 0.717) is 6.42 Å². The van der Waals surface area contributed by atoms with Crippen LogP contribution in [0.25, 0.3) is 0 Å². The summed E-state index contributed by atoms with van der Waals surface area (Å²) in [5, 5.41) is 13.9. The Morgan fingerprint density at radius 1 is 1.43 bits per heavy atom. The summed E-state index contributed by atoms with van der Waals surface area (Å²) in [5.74, 6) is -1.81. The van der Waals surface area contributed by atoms with Crippen LogP contribution in [0, 0.1) is 11.1 Å². The van der Waals surface area contributed by atoms with E-state index in [1.165, 1.54) is 18.2 Å². The SMILES string of the molecule is CC(CCC(=O)N[C@@H]1CCCN(S(=O)(=O)c2cccc[n+]2[O-])CC1=O)C(N)=O. The summed E-state index contributed by atoms with van der Waals surface area (Å²) >= 11 is 0. The van der Waals surface area contributed by atoms with Crippen LogP contribution in [-0.2, 0) is 24.4 Å². The fraction of sp³-hybridized carbons (Fsp3) is 0.529. The minimum atomic E-state index is -4.13. The van der Waals surface area contributed by atoms with Crippen molar-refractivity contribution < 1.29 is 27.5 Å². The summed E-state index contributed by atoms with van der Waals surface area (Å²) in [6, 6.07) is 3.20. The van der Waals surface area contributed by atoms with Gasteiger partial charge in [-0.15, -0.1) is 0 Å². The smallest absolute Gasteiger partial charge is 0.323 e. The quantitative estimate of drug-likeness (QED) is 0.435.